The fraction of sp³-hybridized carbons (Fsp3) is 0.370. The molecule has 1 saturated heterocycles. The zero-order valence-electron chi connectivity index (χ0n) is 22.0. The summed E-state index contributed by atoms with van der Waals surface area (Å²) in [6.45, 7) is 5.77. The van der Waals surface area contributed by atoms with Crippen molar-refractivity contribution in [2.75, 3.05) is 70.8 Å². The SMILES string of the molecule is COc1ccc(CN(C(=O)O)c2ccnc(Nc3ccc(OCCN4CCN(C)CC4)c(OC)c3)n2)cc1. The van der Waals surface area contributed by atoms with E-state index in [4.69, 9.17) is 14.2 Å². The van der Waals surface area contributed by atoms with E-state index in [-0.39, 0.29) is 18.3 Å². The van der Waals surface area contributed by atoms with Crippen LogP contribution in [-0.4, -0.2) is 91.6 Å². The van der Waals surface area contributed by atoms with Gasteiger partial charge in [-0.2, -0.15) is 4.98 Å². The molecule has 1 aromatic heterocycles. The zero-order chi connectivity index (χ0) is 26.9. The van der Waals surface area contributed by atoms with Gasteiger partial charge in [0.05, 0.1) is 20.8 Å². The lowest BCUT2D eigenvalue weighted by Crippen LogP contribution is -2.45. The van der Waals surface area contributed by atoms with Gasteiger partial charge < -0.3 is 29.5 Å². The Bertz CT molecular complexity index is 1200. The van der Waals surface area contributed by atoms with Crippen molar-refractivity contribution in [3.8, 4) is 17.2 Å². The van der Waals surface area contributed by atoms with Crippen LogP contribution in [0.3, 0.4) is 0 Å². The van der Waals surface area contributed by atoms with Crippen LogP contribution in [-0.2, 0) is 6.54 Å². The Morgan fingerprint density at radius 1 is 1.03 bits per heavy atom. The molecule has 0 aliphatic carbocycles. The number of methoxy groups -OCH3 is 2. The molecule has 0 unspecified atom stereocenters. The summed E-state index contributed by atoms with van der Waals surface area (Å²) in [7, 11) is 5.31. The largest absolute Gasteiger partial charge is 0.497 e. The molecule has 38 heavy (non-hydrogen) atoms. The molecular weight excluding hydrogens is 488 g/mol. The molecule has 0 spiro atoms. The van der Waals surface area contributed by atoms with Crippen LogP contribution in [0.5, 0.6) is 17.2 Å². The molecule has 1 fully saturated rings. The molecule has 1 aliphatic heterocycles. The van der Waals surface area contributed by atoms with E-state index in [1.54, 1.807) is 38.5 Å². The maximum absolute atomic E-state index is 12.0. The molecule has 0 atom stereocenters. The van der Waals surface area contributed by atoms with Gasteiger partial charge in [0.1, 0.15) is 18.2 Å². The average molecular weight is 523 g/mol. The van der Waals surface area contributed by atoms with E-state index >= 15 is 0 Å². The molecule has 2 heterocycles. The number of rotatable bonds is 11. The highest BCUT2D eigenvalue weighted by Crippen LogP contribution is 2.31. The lowest BCUT2D eigenvalue weighted by Gasteiger charge is -2.32. The normalized spacial score (nSPS) is 14.1. The summed E-state index contributed by atoms with van der Waals surface area (Å²) >= 11 is 0. The second kappa shape index (κ2) is 12.9. The Morgan fingerprint density at radius 2 is 1.79 bits per heavy atom. The van der Waals surface area contributed by atoms with E-state index in [1.165, 1.54) is 6.20 Å². The number of amides is 1. The third-order valence-corrected chi connectivity index (χ3v) is 6.33. The molecular formula is C27H34N6O5. The smallest absolute Gasteiger partial charge is 0.413 e. The monoisotopic (exact) mass is 522 g/mol. The summed E-state index contributed by atoms with van der Waals surface area (Å²) in [4.78, 5) is 26.6. The van der Waals surface area contributed by atoms with Gasteiger partial charge in [0.15, 0.2) is 11.5 Å². The van der Waals surface area contributed by atoms with Gasteiger partial charge in [-0.15, -0.1) is 0 Å². The van der Waals surface area contributed by atoms with Gasteiger partial charge in [-0.1, -0.05) is 12.1 Å². The number of carboxylic acid groups (broad SMARTS) is 1. The van der Waals surface area contributed by atoms with Crippen LogP contribution in [0.25, 0.3) is 0 Å². The third-order valence-electron chi connectivity index (χ3n) is 6.33. The molecule has 1 aliphatic rings. The van der Waals surface area contributed by atoms with E-state index in [1.807, 2.05) is 24.3 Å². The highest BCUT2D eigenvalue weighted by molar-refractivity contribution is 5.84. The summed E-state index contributed by atoms with van der Waals surface area (Å²) in [5, 5.41) is 12.9. The topological polar surface area (TPSA) is 113 Å². The molecule has 4 rings (SSSR count). The van der Waals surface area contributed by atoms with Crippen molar-refractivity contribution < 1.29 is 24.1 Å². The Hall–Kier alpha value is -4.09. The van der Waals surface area contributed by atoms with Gasteiger partial charge in [0, 0.05) is 50.7 Å². The lowest BCUT2D eigenvalue weighted by molar-refractivity contribution is 0.133. The summed E-state index contributed by atoms with van der Waals surface area (Å²) in [6.07, 6.45) is 0.395. The van der Waals surface area contributed by atoms with E-state index < -0.39 is 6.09 Å². The summed E-state index contributed by atoms with van der Waals surface area (Å²) in [5.41, 5.74) is 1.48. The van der Waals surface area contributed by atoms with Crippen LogP contribution in [0, 0.1) is 0 Å². The number of piperazine rings is 1. The van der Waals surface area contributed by atoms with Gasteiger partial charge in [-0.3, -0.25) is 9.80 Å². The highest BCUT2D eigenvalue weighted by Gasteiger charge is 2.18. The van der Waals surface area contributed by atoms with Crippen molar-refractivity contribution in [3.63, 3.8) is 0 Å². The van der Waals surface area contributed by atoms with E-state index in [9.17, 15) is 9.90 Å². The van der Waals surface area contributed by atoms with Crippen molar-refractivity contribution in [2.45, 2.75) is 6.54 Å². The van der Waals surface area contributed by atoms with Gasteiger partial charge in [0.2, 0.25) is 5.95 Å². The first kappa shape index (κ1) is 27.0. The predicted molar refractivity (Wildman–Crippen MR) is 145 cm³/mol. The number of nitrogens with zero attached hydrogens (tertiary/aromatic N) is 5. The number of likely N-dealkylation sites (N-methyl/N-ethyl adjacent to an activating group) is 1. The van der Waals surface area contributed by atoms with Crippen molar-refractivity contribution >= 4 is 23.5 Å². The number of carbonyl (C=O) groups is 1. The number of hydrogen-bond donors (Lipinski definition) is 2. The predicted octanol–water partition coefficient (Wildman–Crippen LogP) is 3.55. The molecule has 1 amide bonds. The first-order valence-electron chi connectivity index (χ1n) is 12.4. The van der Waals surface area contributed by atoms with E-state index in [0.29, 0.717) is 29.5 Å². The fourth-order valence-electron chi connectivity index (χ4n) is 4.07. The molecule has 2 aromatic carbocycles. The zero-order valence-corrected chi connectivity index (χ0v) is 22.0. The van der Waals surface area contributed by atoms with E-state index in [2.05, 4.69) is 32.1 Å². The number of benzene rings is 2. The molecule has 2 N–H and O–H groups in total. The summed E-state index contributed by atoms with van der Waals surface area (Å²) in [6, 6.07) is 14.2. The molecule has 11 nitrogen and oxygen atoms in total. The second-order valence-electron chi connectivity index (χ2n) is 8.94. The second-order valence-corrected chi connectivity index (χ2v) is 8.94. The molecule has 0 saturated carbocycles. The van der Waals surface area contributed by atoms with Crippen molar-refractivity contribution in [2.24, 2.45) is 0 Å². The number of hydrogen-bond acceptors (Lipinski definition) is 9. The minimum absolute atomic E-state index is 0.129. The minimum atomic E-state index is -1.12. The Balaban J connectivity index is 1.40. The van der Waals surface area contributed by atoms with Crippen LogP contribution < -0.4 is 24.4 Å². The number of ether oxygens (including phenoxy) is 3. The van der Waals surface area contributed by atoms with Crippen LogP contribution >= 0.6 is 0 Å². The third kappa shape index (κ3) is 7.24. The van der Waals surface area contributed by atoms with Crippen LogP contribution in [0.2, 0.25) is 0 Å². The Kier molecular flexibility index (Phi) is 9.17. The molecule has 0 bridgehead atoms. The molecule has 11 heteroatoms. The van der Waals surface area contributed by atoms with Crippen molar-refractivity contribution in [1.82, 2.24) is 19.8 Å². The average Bonchev–Trinajstić information content (AvgIpc) is 2.93. The lowest BCUT2D eigenvalue weighted by atomic mass is 10.2. The van der Waals surface area contributed by atoms with Gasteiger partial charge in [-0.05, 0) is 42.9 Å². The van der Waals surface area contributed by atoms with Crippen molar-refractivity contribution in [3.05, 3.63) is 60.3 Å². The molecule has 202 valence electrons. The fourth-order valence-corrected chi connectivity index (χ4v) is 4.07. The summed E-state index contributed by atoms with van der Waals surface area (Å²) < 4.78 is 16.7. The first-order chi connectivity index (χ1) is 18.4. The van der Waals surface area contributed by atoms with Crippen LogP contribution in [0.1, 0.15) is 5.56 Å². The van der Waals surface area contributed by atoms with Crippen molar-refractivity contribution in [1.29, 1.82) is 0 Å². The number of nitrogens with one attached hydrogen (secondary N) is 1. The van der Waals surface area contributed by atoms with Gasteiger partial charge in [0.25, 0.3) is 0 Å². The minimum Gasteiger partial charge on any atom is -0.497 e. The standard InChI is InChI=1S/C27H34N6O5/c1-31-12-14-32(15-13-31)16-17-38-23-9-6-21(18-24(23)37-3)29-26-28-11-10-25(30-26)33(27(34)35)19-20-4-7-22(36-2)8-5-20/h4-11,18H,12-17,19H2,1-3H3,(H,34,35)(H,28,29,30). The first-order valence-corrected chi connectivity index (χ1v) is 12.4. The Morgan fingerprint density at radius 3 is 2.47 bits per heavy atom. The van der Waals surface area contributed by atoms with Crippen LogP contribution in [0.4, 0.5) is 22.2 Å². The maximum Gasteiger partial charge on any atom is 0.413 e. The number of aromatic nitrogens is 2. The highest BCUT2D eigenvalue weighted by atomic mass is 16.5. The van der Waals surface area contributed by atoms with E-state index in [0.717, 1.165) is 43.2 Å². The maximum atomic E-state index is 12.0. The van der Waals surface area contributed by atoms with Gasteiger partial charge in [-0.25, -0.2) is 9.78 Å². The molecule has 3 aromatic rings. The van der Waals surface area contributed by atoms with Crippen LogP contribution in [0.15, 0.2) is 54.7 Å². The molecule has 0 radical (unpaired) electrons. The Labute approximate surface area is 222 Å². The van der Waals surface area contributed by atoms with Gasteiger partial charge >= 0.3 is 6.09 Å². The number of anilines is 3. The summed E-state index contributed by atoms with van der Waals surface area (Å²) in [5.74, 6) is 2.44. The quantitative estimate of drug-likeness (QED) is 0.388.